The molecule has 1 fully saturated rings. The van der Waals surface area contributed by atoms with E-state index in [2.05, 4.69) is 18.2 Å². The van der Waals surface area contributed by atoms with Crippen LogP contribution < -0.4 is 14.8 Å². The van der Waals surface area contributed by atoms with Crippen molar-refractivity contribution in [3.8, 4) is 23.8 Å². The van der Waals surface area contributed by atoms with E-state index in [1.165, 1.54) is 12.8 Å². The third-order valence-electron chi connectivity index (χ3n) is 3.91. The van der Waals surface area contributed by atoms with Crippen molar-refractivity contribution in [2.24, 2.45) is 5.92 Å². The van der Waals surface area contributed by atoms with Crippen LogP contribution in [0.3, 0.4) is 0 Å². The number of ether oxygens (including phenoxy) is 2. The number of amides is 1. The fraction of sp³-hybridized carbons (Fsp3) is 0.471. The summed E-state index contributed by atoms with van der Waals surface area (Å²) in [5.41, 5.74) is 0.569. The summed E-state index contributed by atoms with van der Waals surface area (Å²) >= 11 is 0. The number of terminal acetylenes is 1. The zero-order valence-corrected chi connectivity index (χ0v) is 12.5. The summed E-state index contributed by atoms with van der Waals surface area (Å²) in [5, 5.41) is 3.09. The predicted octanol–water partition coefficient (Wildman–Crippen LogP) is 2.63. The molecule has 1 aliphatic rings. The summed E-state index contributed by atoms with van der Waals surface area (Å²) in [4.78, 5) is 12.3. The average molecular weight is 287 g/mol. The number of hydrogen-bond donors (Lipinski definition) is 1. The first kappa shape index (κ1) is 15.2. The molecule has 0 aliphatic heterocycles. The number of nitrogens with one attached hydrogen (secondary N) is 1. The molecule has 2 rings (SSSR count). The highest BCUT2D eigenvalue weighted by atomic mass is 16.5. The quantitative estimate of drug-likeness (QED) is 0.847. The second-order valence-electron chi connectivity index (χ2n) is 5.35. The minimum absolute atomic E-state index is 0.0736. The van der Waals surface area contributed by atoms with Crippen molar-refractivity contribution in [1.82, 2.24) is 5.32 Å². The molecule has 0 bridgehead atoms. The van der Waals surface area contributed by atoms with Gasteiger partial charge in [0.05, 0.1) is 7.11 Å². The van der Waals surface area contributed by atoms with Crippen molar-refractivity contribution >= 4 is 5.91 Å². The minimum Gasteiger partial charge on any atom is -0.493 e. The lowest BCUT2D eigenvalue weighted by Crippen LogP contribution is -2.36. The molecule has 0 radical (unpaired) electrons. The Balaban J connectivity index is 2.09. The number of methoxy groups -OCH3 is 1. The van der Waals surface area contributed by atoms with Gasteiger partial charge in [-0.2, -0.15) is 0 Å². The number of carbonyl (C=O) groups excluding carboxylic acids is 1. The molecule has 1 aliphatic carbocycles. The first-order chi connectivity index (χ1) is 10.2. The summed E-state index contributed by atoms with van der Waals surface area (Å²) < 4.78 is 10.6. The number of hydrogen-bond acceptors (Lipinski definition) is 3. The maximum atomic E-state index is 12.3. The molecular formula is C17H21NO3. The maximum Gasteiger partial charge on any atom is 0.251 e. The monoisotopic (exact) mass is 287 g/mol. The minimum atomic E-state index is -0.0736. The van der Waals surface area contributed by atoms with Gasteiger partial charge >= 0.3 is 0 Å². The van der Waals surface area contributed by atoms with Gasteiger partial charge in [0.1, 0.15) is 6.61 Å². The Morgan fingerprint density at radius 2 is 2.24 bits per heavy atom. The fourth-order valence-electron chi connectivity index (χ4n) is 2.66. The second-order valence-corrected chi connectivity index (χ2v) is 5.35. The van der Waals surface area contributed by atoms with E-state index >= 15 is 0 Å². The molecule has 0 aromatic heterocycles. The summed E-state index contributed by atoms with van der Waals surface area (Å²) in [6, 6.07) is 5.38. The van der Waals surface area contributed by atoms with E-state index in [0.29, 0.717) is 23.0 Å². The van der Waals surface area contributed by atoms with Crippen LogP contribution in [0.25, 0.3) is 0 Å². The molecule has 0 heterocycles. The molecule has 112 valence electrons. The molecule has 2 unspecified atom stereocenters. The molecule has 1 amide bonds. The van der Waals surface area contributed by atoms with Crippen LogP contribution in [-0.4, -0.2) is 25.7 Å². The Labute approximate surface area is 125 Å². The predicted molar refractivity (Wildman–Crippen MR) is 81.6 cm³/mol. The lowest BCUT2D eigenvalue weighted by Gasteiger charge is -2.18. The van der Waals surface area contributed by atoms with E-state index in [-0.39, 0.29) is 18.6 Å². The van der Waals surface area contributed by atoms with Crippen LogP contribution in [0.2, 0.25) is 0 Å². The third-order valence-corrected chi connectivity index (χ3v) is 3.91. The zero-order chi connectivity index (χ0) is 15.2. The van der Waals surface area contributed by atoms with Crippen LogP contribution in [-0.2, 0) is 0 Å². The van der Waals surface area contributed by atoms with Crippen molar-refractivity contribution in [2.45, 2.75) is 32.2 Å². The molecule has 1 aromatic carbocycles. The summed E-state index contributed by atoms with van der Waals surface area (Å²) in [7, 11) is 1.54. The number of benzene rings is 1. The molecule has 1 saturated carbocycles. The van der Waals surface area contributed by atoms with Gasteiger partial charge in [0.25, 0.3) is 5.91 Å². The third kappa shape index (κ3) is 3.69. The fourth-order valence-corrected chi connectivity index (χ4v) is 2.66. The van der Waals surface area contributed by atoms with Gasteiger partial charge in [-0.3, -0.25) is 4.79 Å². The van der Waals surface area contributed by atoms with Crippen LogP contribution >= 0.6 is 0 Å². The van der Waals surface area contributed by atoms with Crippen molar-refractivity contribution in [3.63, 3.8) is 0 Å². The first-order valence-electron chi connectivity index (χ1n) is 7.21. The summed E-state index contributed by atoms with van der Waals surface area (Å²) in [5.74, 6) is 3.92. The second kappa shape index (κ2) is 7.03. The molecule has 0 spiro atoms. The average Bonchev–Trinajstić information content (AvgIpc) is 2.90. The molecule has 2 atom stereocenters. The Morgan fingerprint density at radius 3 is 2.86 bits per heavy atom. The van der Waals surface area contributed by atoms with Gasteiger partial charge in [0, 0.05) is 11.6 Å². The van der Waals surface area contributed by atoms with Gasteiger partial charge in [-0.25, -0.2) is 0 Å². The summed E-state index contributed by atoms with van der Waals surface area (Å²) in [6.07, 6.45) is 8.57. The zero-order valence-electron chi connectivity index (χ0n) is 12.5. The largest absolute Gasteiger partial charge is 0.493 e. The molecule has 0 saturated heterocycles. The molecule has 4 heteroatoms. The van der Waals surface area contributed by atoms with E-state index < -0.39 is 0 Å². The van der Waals surface area contributed by atoms with Crippen molar-refractivity contribution in [1.29, 1.82) is 0 Å². The van der Waals surface area contributed by atoms with E-state index in [4.69, 9.17) is 15.9 Å². The highest BCUT2D eigenvalue weighted by molar-refractivity contribution is 5.95. The van der Waals surface area contributed by atoms with Gasteiger partial charge in [0.2, 0.25) is 0 Å². The maximum absolute atomic E-state index is 12.3. The van der Waals surface area contributed by atoms with Crippen LogP contribution in [0.15, 0.2) is 18.2 Å². The van der Waals surface area contributed by atoms with Gasteiger partial charge in [0.15, 0.2) is 11.5 Å². The molecule has 4 nitrogen and oxygen atoms in total. The van der Waals surface area contributed by atoms with Gasteiger partial charge in [-0.15, -0.1) is 6.42 Å². The van der Waals surface area contributed by atoms with Crippen LogP contribution in [0.1, 0.15) is 36.5 Å². The molecular weight excluding hydrogens is 266 g/mol. The van der Waals surface area contributed by atoms with Gasteiger partial charge in [-0.1, -0.05) is 19.3 Å². The Hall–Kier alpha value is -2.15. The SMILES string of the molecule is C#CCOc1ccc(C(=O)NC2CCCC2C)cc1OC. The highest BCUT2D eigenvalue weighted by Crippen LogP contribution is 2.29. The molecule has 1 N–H and O–H groups in total. The van der Waals surface area contributed by atoms with Crippen LogP contribution in [0.5, 0.6) is 11.5 Å². The topological polar surface area (TPSA) is 47.6 Å². The Bertz CT molecular complexity index is 547. The van der Waals surface area contributed by atoms with E-state index in [1.54, 1.807) is 25.3 Å². The summed E-state index contributed by atoms with van der Waals surface area (Å²) in [6.45, 7) is 2.34. The van der Waals surface area contributed by atoms with Gasteiger partial charge < -0.3 is 14.8 Å². The number of rotatable bonds is 5. The van der Waals surface area contributed by atoms with E-state index in [1.807, 2.05) is 0 Å². The smallest absolute Gasteiger partial charge is 0.251 e. The van der Waals surface area contributed by atoms with E-state index in [0.717, 1.165) is 6.42 Å². The van der Waals surface area contributed by atoms with Crippen molar-refractivity contribution in [2.75, 3.05) is 13.7 Å². The van der Waals surface area contributed by atoms with Crippen LogP contribution in [0, 0.1) is 18.3 Å². The number of carbonyl (C=O) groups is 1. The van der Waals surface area contributed by atoms with Crippen molar-refractivity contribution < 1.29 is 14.3 Å². The standard InChI is InChI=1S/C17H21NO3/c1-4-10-21-15-9-8-13(11-16(15)20-3)17(19)18-14-7-5-6-12(14)2/h1,8-9,11-12,14H,5-7,10H2,2-3H3,(H,18,19). The molecule has 21 heavy (non-hydrogen) atoms. The van der Waals surface area contributed by atoms with E-state index in [9.17, 15) is 4.79 Å². The van der Waals surface area contributed by atoms with Crippen LogP contribution in [0.4, 0.5) is 0 Å². The Morgan fingerprint density at radius 1 is 1.43 bits per heavy atom. The van der Waals surface area contributed by atoms with Gasteiger partial charge in [-0.05, 0) is 37.0 Å². The molecule has 1 aromatic rings. The van der Waals surface area contributed by atoms with Crippen molar-refractivity contribution in [3.05, 3.63) is 23.8 Å². The lowest BCUT2D eigenvalue weighted by atomic mass is 10.1. The Kier molecular flexibility index (Phi) is 5.10. The lowest BCUT2D eigenvalue weighted by molar-refractivity contribution is 0.0929. The highest BCUT2D eigenvalue weighted by Gasteiger charge is 2.25. The normalized spacial score (nSPS) is 20.6. The first-order valence-corrected chi connectivity index (χ1v) is 7.21.